The molecule has 0 aromatic heterocycles. The summed E-state index contributed by atoms with van der Waals surface area (Å²) in [5.74, 6) is 0.367. The van der Waals surface area contributed by atoms with E-state index in [0.717, 1.165) is 25.0 Å². The average Bonchev–Trinajstić information content (AvgIpc) is 2.45. The highest BCUT2D eigenvalue weighted by atomic mass is 19.3. The molecule has 0 aliphatic carbocycles. The van der Waals surface area contributed by atoms with Crippen molar-refractivity contribution in [2.75, 3.05) is 13.7 Å². The van der Waals surface area contributed by atoms with Crippen LogP contribution in [0.2, 0.25) is 0 Å². The Labute approximate surface area is 123 Å². The lowest BCUT2D eigenvalue weighted by molar-refractivity contribution is -0.0512. The van der Waals surface area contributed by atoms with Gasteiger partial charge in [-0.15, -0.1) is 0 Å². The predicted molar refractivity (Wildman–Crippen MR) is 74.9 cm³/mol. The number of hydrogen-bond acceptors (Lipinski definition) is 4. The van der Waals surface area contributed by atoms with Crippen molar-refractivity contribution in [3.63, 3.8) is 0 Å². The van der Waals surface area contributed by atoms with Crippen LogP contribution in [0.15, 0.2) is 18.2 Å². The number of nitrogens with one attached hydrogen (secondary N) is 1. The van der Waals surface area contributed by atoms with E-state index in [9.17, 15) is 8.78 Å². The third-order valence-electron chi connectivity index (χ3n) is 3.52. The van der Waals surface area contributed by atoms with E-state index in [2.05, 4.69) is 17.0 Å². The maximum Gasteiger partial charge on any atom is 0.387 e. The molecular formula is C15H21F2NO3. The molecule has 1 fully saturated rings. The highest BCUT2D eigenvalue weighted by Crippen LogP contribution is 2.29. The third kappa shape index (κ3) is 4.82. The van der Waals surface area contributed by atoms with Crippen molar-refractivity contribution in [2.45, 2.75) is 45.1 Å². The summed E-state index contributed by atoms with van der Waals surface area (Å²) in [6.07, 6.45) is 2.17. The number of alkyl halides is 2. The topological polar surface area (TPSA) is 39.7 Å². The van der Waals surface area contributed by atoms with Crippen LogP contribution in [0.1, 0.15) is 25.3 Å². The molecule has 1 aliphatic heterocycles. The van der Waals surface area contributed by atoms with Crippen LogP contribution >= 0.6 is 0 Å². The van der Waals surface area contributed by atoms with Gasteiger partial charge >= 0.3 is 6.61 Å². The molecule has 1 aliphatic rings. The molecule has 0 amide bonds. The van der Waals surface area contributed by atoms with Crippen molar-refractivity contribution in [3.8, 4) is 11.5 Å². The van der Waals surface area contributed by atoms with E-state index in [0.29, 0.717) is 18.3 Å². The summed E-state index contributed by atoms with van der Waals surface area (Å²) >= 11 is 0. The van der Waals surface area contributed by atoms with Crippen molar-refractivity contribution in [2.24, 2.45) is 0 Å². The van der Waals surface area contributed by atoms with Gasteiger partial charge < -0.3 is 19.5 Å². The van der Waals surface area contributed by atoms with Crippen molar-refractivity contribution in [1.82, 2.24) is 5.32 Å². The summed E-state index contributed by atoms with van der Waals surface area (Å²) in [6.45, 7) is 0.538. The Kier molecular flexibility index (Phi) is 5.76. The fourth-order valence-electron chi connectivity index (χ4n) is 2.46. The number of benzene rings is 1. The third-order valence-corrected chi connectivity index (χ3v) is 3.52. The normalized spacial score (nSPS) is 22.3. The number of halogens is 2. The van der Waals surface area contributed by atoms with Crippen LogP contribution in [0.25, 0.3) is 0 Å². The molecule has 2 atom stereocenters. The smallest absolute Gasteiger partial charge is 0.387 e. The molecule has 0 radical (unpaired) electrons. The zero-order valence-electron chi connectivity index (χ0n) is 12.3. The largest absolute Gasteiger partial charge is 0.493 e. The van der Waals surface area contributed by atoms with E-state index in [-0.39, 0.29) is 11.9 Å². The zero-order valence-corrected chi connectivity index (χ0v) is 12.3. The monoisotopic (exact) mass is 301 g/mol. The fourth-order valence-corrected chi connectivity index (χ4v) is 2.46. The molecule has 4 nitrogen and oxygen atoms in total. The van der Waals surface area contributed by atoms with Crippen LogP contribution in [0.4, 0.5) is 8.78 Å². The van der Waals surface area contributed by atoms with Crippen LogP contribution in [0.5, 0.6) is 11.5 Å². The van der Waals surface area contributed by atoms with Gasteiger partial charge in [0.05, 0.1) is 13.2 Å². The second-order valence-corrected chi connectivity index (χ2v) is 5.15. The molecule has 2 rings (SSSR count). The molecule has 1 saturated heterocycles. The van der Waals surface area contributed by atoms with E-state index in [1.807, 2.05) is 6.07 Å². The maximum absolute atomic E-state index is 12.4. The van der Waals surface area contributed by atoms with Crippen LogP contribution in [0, 0.1) is 0 Å². The molecule has 6 heteroatoms. The van der Waals surface area contributed by atoms with Crippen molar-refractivity contribution in [1.29, 1.82) is 0 Å². The van der Waals surface area contributed by atoms with Gasteiger partial charge in [0.2, 0.25) is 0 Å². The molecule has 1 heterocycles. The van der Waals surface area contributed by atoms with Gasteiger partial charge in [-0.3, -0.25) is 0 Å². The summed E-state index contributed by atoms with van der Waals surface area (Å²) < 4.78 is 39.7. The first-order valence-corrected chi connectivity index (χ1v) is 7.05. The summed E-state index contributed by atoms with van der Waals surface area (Å²) in [6, 6.07) is 5.45. The fraction of sp³-hybridized carbons (Fsp3) is 0.600. The van der Waals surface area contributed by atoms with Crippen LogP contribution in [0.3, 0.4) is 0 Å². The Balaban J connectivity index is 1.96. The molecule has 1 aromatic rings. The Morgan fingerprint density at radius 3 is 2.86 bits per heavy atom. The van der Waals surface area contributed by atoms with Crippen LogP contribution < -0.4 is 14.8 Å². The summed E-state index contributed by atoms with van der Waals surface area (Å²) in [7, 11) is 1.43. The van der Waals surface area contributed by atoms with Crippen molar-refractivity contribution < 1.29 is 23.0 Å². The van der Waals surface area contributed by atoms with E-state index in [1.54, 1.807) is 12.1 Å². The van der Waals surface area contributed by atoms with Crippen molar-refractivity contribution in [3.05, 3.63) is 23.8 Å². The van der Waals surface area contributed by atoms with Gasteiger partial charge in [0, 0.05) is 19.2 Å². The second-order valence-electron chi connectivity index (χ2n) is 5.15. The van der Waals surface area contributed by atoms with Crippen molar-refractivity contribution >= 4 is 0 Å². The molecule has 0 spiro atoms. The molecule has 2 unspecified atom stereocenters. The minimum absolute atomic E-state index is 0.0622. The standard InChI is InChI=1S/C15H21F2NO3/c1-10-7-12(5-6-20-10)18-9-11-3-4-13(19-2)14(8-11)21-15(16)17/h3-4,8,10,12,15,18H,5-7,9H2,1-2H3. The van der Waals surface area contributed by atoms with E-state index < -0.39 is 6.61 Å². The first kappa shape index (κ1) is 16.0. The first-order valence-electron chi connectivity index (χ1n) is 7.05. The minimum atomic E-state index is -2.86. The zero-order chi connectivity index (χ0) is 15.2. The number of methoxy groups -OCH3 is 1. The van der Waals surface area contributed by atoms with E-state index in [4.69, 9.17) is 9.47 Å². The van der Waals surface area contributed by atoms with Gasteiger partial charge in [-0.05, 0) is 37.5 Å². The van der Waals surface area contributed by atoms with E-state index >= 15 is 0 Å². The molecule has 118 valence electrons. The molecule has 1 N–H and O–H groups in total. The quantitative estimate of drug-likeness (QED) is 0.877. The molecule has 0 bridgehead atoms. The predicted octanol–water partition coefficient (Wildman–Crippen LogP) is 2.95. The maximum atomic E-state index is 12.4. The highest BCUT2D eigenvalue weighted by Gasteiger charge is 2.19. The highest BCUT2D eigenvalue weighted by molar-refractivity contribution is 5.43. The Morgan fingerprint density at radius 1 is 1.38 bits per heavy atom. The molecule has 1 aromatic carbocycles. The number of hydrogen-bond donors (Lipinski definition) is 1. The van der Waals surface area contributed by atoms with E-state index in [1.165, 1.54) is 7.11 Å². The van der Waals surface area contributed by atoms with Gasteiger partial charge in [-0.25, -0.2) is 0 Å². The van der Waals surface area contributed by atoms with Gasteiger partial charge in [-0.1, -0.05) is 6.07 Å². The summed E-state index contributed by atoms with van der Waals surface area (Å²) in [5.41, 5.74) is 0.880. The van der Waals surface area contributed by atoms with Crippen LogP contribution in [-0.4, -0.2) is 32.5 Å². The lowest BCUT2D eigenvalue weighted by Crippen LogP contribution is -2.37. The van der Waals surface area contributed by atoms with Gasteiger partial charge in [0.15, 0.2) is 11.5 Å². The number of ether oxygens (including phenoxy) is 3. The summed E-state index contributed by atoms with van der Waals surface area (Å²) in [5, 5.41) is 3.42. The molecular weight excluding hydrogens is 280 g/mol. The molecule has 21 heavy (non-hydrogen) atoms. The number of rotatable bonds is 6. The van der Waals surface area contributed by atoms with Crippen LogP contribution in [-0.2, 0) is 11.3 Å². The Bertz CT molecular complexity index is 457. The Morgan fingerprint density at radius 2 is 2.19 bits per heavy atom. The van der Waals surface area contributed by atoms with Gasteiger partial charge in [0.25, 0.3) is 0 Å². The first-order chi connectivity index (χ1) is 10.1. The summed E-state index contributed by atoms with van der Waals surface area (Å²) in [4.78, 5) is 0. The lowest BCUT2D eigenvalue weighted by Gasteiger charge is -2.28. The molecule has 0 saturated carbocycles. The SMILES string of the molecule is COc1ccc(CNC2CCOC(C)C2)cc1OC(F)F. The second kappa shape index (κ2) is 7.56. The minimum Gasteiger partial charge on any atom is -0.493 e. The average molecular weight is 301 g/mol. The lowest BCUT2D eigenvalue weighted by atomic mass is 10.0. The Hall–Kier alpha value is -1.40. The van der Waals surface area contributed by atoms with Gasteiger partial charge in [0.1, 0.15) is 0 Å². The van der Waals surface area contributed by atoms with Gasteiger partial charge in [-0.2, -0.15) is 8.78 Å².